The Bertz CT molecular complexity index is 270. The molecule has 0 amide bonds. The van der Waals surface area contributed by atoms with Crippen molar-refractivity contribution in [3.05, 3.63) is 24.2 Å². The maximum absolute atomic E-state index is 11.5. The fourth-order valence-electron chi connectivity index (χ4n) is 1.54. The molecule has 1 atom stereocenters. The van der Waals surface area contributed by atoms with Crippen LogP contribution in [0.15, 0.2) is 22.8 Å². The van der Waals surface area contributed by atoms with E-state index in [1.54, 1.807) is 12.1 Å². The Balaban J connectivity index is 1.91. The van der Waals surface area contributed by atoms with Gasteiger partial charge in [0.25, 0.3) is 0 Å². The molecule has 0 aromatic carbocycles. The molecule has 3 heteroatoms. The van der Waals surface area contributed by atoms with Crippen LogP contribution in [0, 0.1) is 5.92 Å². The van der Waals surface area contributed by atoms with Crippen LogP contribution in [-0.4, -0.2) is 19.0 Å². The molecule has 1 aliphatic heterocycles. The Kier molecular flexibility index (Phi) is 2.45. The standard InChI is InChI=1S/C10H12O3/c11-9(10-2-1-4-13-10)6-8-3-5-12-7-8/h1-2,4,8H,3,5-7H2. The fourth-order valence-corrected chi connectivity index (χ4v) is 1.54. The number of carbonyl (C=O) groups is 1. The quantitative estimate of drug-likeness (QED) is 0.667. The predicted molar refractivity (Wildman–Crippen MR) is 46.6 cm³/mol. The first kappa shape index (κ1) is 8.51. The van der Waals surface area contributed by atoms with Gasteiger partial charge >= 0.3 is 0 Å². The lowest BCUT2D eigenvalue weighted by molar-refractivity contribution is 0.0925. The van der Waals surface area contributed by atoms with Crippen molar-refractivity contribution in [1.29, 1.82) is 0 Å². The van der Waals surface area contributed by atoms with Gasteiger partial charge in [-0.1, -0.05) is 0 Å². The zero-order valence-electron chi connectivity index (χ0n) is 7.36. The number of ether oxygens (including phenoxy) is 1. The van der Waals surface area contributed by atoms with E-state index >= 15 is 0 Å². The van der Waals surface area contributed by atoms with Crippen LogP contribution in [0.3, 0.4) is 0 Å². The molecule has 13 heavy (non-hydrogen) atoms. The number of ketones is 1. The van der Waals surface area contributed by atoms with E-state index in [-0.39, 0.29) is 5.78 Å². The maximum atomic E-state index is 11.5. The van der Waals surface area contributed by atoms with Crippen LogP contribution in [0.1, 0.15) is 23.4 Å². The monoisotopic (exact) mass is 180 g/mol. The first-order valence-electron chi connectivity index (χ1n) is 4.50. The molecule has 0 radical (unpaired) electrons. The number of hydrogen-bond acceptors (Lipinski definition) is 3. The van der Waals surface area contributed by atoms with Crippen LogP contribution in [0.25, 0.3) is 0 Å². The molecule has 1 aromatic rings. The van der Waals surface area contributed by atoms with Crippen molar-refractivity contribution in [1.82, 2.24) is 0 Å². The molecule has 0 N–H and O–H groups in total. The molecule has 70 valence electrons. The van der Waals surface area contributed by atoms with Crippen LogP contribution in [0.2, 0.25) is 0 Å². The lowest BCUT2D eigenvalue weighted by Gasteiger charge is -2.03. The lowest BCUT2D eigenvalue weighted by Crippen LogP contribution is -2.07. The third-order valence-corrected chi connectivity index (χ3v) is 2.29. The topological polar surface area (TPSA) is 39.4 Å². The minimum atomic E-state index is 0.0838. The van der Waals surface area contributed by atoms with Crippen LogP contribution >= 0.6 is 0 Å². The number of carbonyl (C=O) groups excluding carboxylic acids is 1. The average Bonchev–Trinajstić information content (AvgIpc) is 2.74. The summed E-state index contributed by atoms with van der Waals surface area (Å²) in [5, 5.41) is 0. The van der Waals surface area contributed by atoms with Crippen molar-refractivity contribution >= 4 is 5.78 Å². The number of Topliss-reactive ketones (excluding diaryl/α,β-unsaturated/α-hetero) is 1. The van der Waals surface area contributed by atoms with Crippen LogP contribution < -0.4 is 0 Å². The summed E-state index contributed by atoms with van der Waals surface area (Å²) < 4.78 is 10.2. The Morgan fingerprint density at radius 1 is 1.62 bits per heavy atom. The van der Waals surface area contributed by atoms with E-state index in [0.29, 0.717) is 24.7 Å². The van der Waals surface area contributed by atoms with Crippen LogP contribution in [-0.2, 0) is 4.74 Å². The van der Waals surface area contributed by atoms with E-state index in [4.69, 9.17) is 9.15 Å². The second kappa shape index (κ2) is 3.75. The summed E-state index contributed by atoms with van der Waals surface area (Å²) in [5.41, 5.74) is 0. The smallest absolute Gasteiger partial charge is 0.198 e. The third kappa shape index (κ3) is 1.98. The molecule has 1 unspecified atom stereocenters. The highest BCUT2D eigenvalue weighted by molar-refractivity contribution is 5.93. The summed E-state index contributed by atoms with van der Waals surface area (Å²) >= 11 is 0. The molecule has 1 aromatic heterocycles. The number of hydrogen-bond donors (Lipinski definition) is 0. The van der Waals surface area contributed by atoms with E-state index in [0.717, 1.165) is 13.0 Å². The summed E-state index contributed by atoms with van der Waals surface area (Å²) in [5.74, 6) is 0.935. The van der Waals surface area contributed by atoms with Gasteiger partial charge in [-0.05, 0) is 24.5 Å². The third-order valence-electron chi connectivity index (χ3n) is 2.29. The summed E-state index contributed by atoms with van der Waals surface area (Å²) in [7, 11) is 0. The molecule has 1 saturated heterocycles. The molecular formula is C10H12O3. The lowest BCUT2D eigenvalue weighted by atomic mass is 10.0. The zero-order chi connectivity index (χ0) is 9.10. The Morgan fingerprint density at radius 3 is 3.15 bits per heavy atom. The predicted octanol–water partition coefficient (Wildman–Crippen LogP) is 1.89. The first-order valence-corrected chi connectivity index (χ1v) is 4.50. The molecule has 3 nitrogen and oxygen atoms in total. The molecular weight excluding hydrogens is 168 g/mol. The van der Waals surface area contributed by atoms with Gasteiger partial charge in [-0.15, -0.1) is 0 Å². The van der Waals surface area contributed by atoms with Gasteiger partial charge < -0.3 is 9.15 Å². The Morgan fingerprint density at radius 2 is 2.54 bits per heavy atom. The zero-order valence-corrected chi connectivity index (χ0v) is 7.36. The van der Waals surface area contributed by atoms with Gasteiger partial charge in [0.15, 0.2) is 11.5 Å². The second-order valence-electron chi connectivity index (χ2n) is 3.33. The van der Waals surface area contributed by atoms with Crippen molar-refractivity contribution in [3.63, 3.8) is 0 Å². The largest absolute Gasteiger partial charge is 0.461 e. The van der Waals surface area contributed by atoms with E-state index in [2.05, 4.69) is 0 Å². The highest BCUT2D eigenvalue weighted by Crippen LogP contribution is 2.18. The van der Waals surface area contributed by atoms with Gasteiger partial charge in [-0.3, -0.25) is 4.79 Å². The van der Waals surface area contributed by atoms with Gasteiger partial charge in [-0.25, -0.2) is 0 Å². The molecule has 0 bridgehead atoms. The maximum Gasteiger partial charge on any atom is 0.198 e. The van der Waals surface area contributed by atoms with Crippen molar-refractivity contribution < 1.29 is 13.9 Å². The average molecular weight is 180 g/mol. The summed E-state index contributed by atoms with van der Waals surface area (Å²) in [6, 6.07) is 3.44. The first-order chi connectivity index (χ1) is 6.36. The fraction of sp³-hybridized carbons (Fsp3) is 0.500. The van der Waals surface area contributed by atoms with E-state index in [1.165, 1.54) is 6.26 Å². The molecule has 0 spiro atoms. The van der Waals surface area contributed by atoms with Crippen molar-refractivity contribution in [2.75, 3.05) is 13.2 Å². The minimum Gasteiger partial charge on any atom is -0.461 e. The molecule has 0 saturated carbocycles. The number of rotatable bonds is 3. The van der Waals surface area contributed by atoms with Crippen molar-refractivity contribution in [2.45, 2.75) is 12.8 Å². The van der Waals surface area contributed by atoms with Gasteiger partial charge in [0.05, 0.1) is 6.26 Å². The second-order valence-corrected chi connectivity index (χ2v) is 3.33. The molecule has 0 aliphatic carbocycles. The SMILES string of the molecule is O=C(CC1CCOC1)c1ccco1. The summed E-state index contributed by atoms with van der Waals surface area (Å²) in [6.07, 6.45) is 3.07. The normalized spacial score (nSPS) is 22.0. The van der Waals surface area contributed by atoms with Crippen LogP contribution in [0.4, 0.5) is 0 Å². The van der Waals surface area contributed by atoms with Crippen molar-refractivity contribution in [2.24, 2.45) is 5.92 Å². The van der Waals surface area contributed by atoms with Gasteiger partial charge in [0.2, 0.25) is 0 Å². The molecule has 1 aliphatic rings. The molecule has 2 heterocycles. The van der Waals surface area contributed by atoms with Gasteiger partial charge in [-0.2, -0.15) is 0 Å². The molecule has 1 fully saturated rings. The highest BCUT2D eigenvalue weighted by Gasteiger charge is 2.20. The van der Waals surface area contributed by atoms with Gasteiger partial charge in [0, 0.05) is 19.6 Å². The highest BCUT2D eigenvalue weighted by atomic mass is 16.5. The summed E-state index contributed by atoms with van der Waals surface area (Å²) in [6.45, 7) is 1.50. The summed E-state index contributed by atoms with van der Waals surface area (Å²) in [4.78, 5) is 11.5. The Labute approximate surface area is 76.7 Å². The van der Waals surface area contributed by atoms with Crippen LogP contribution in [0.5, 0.6) is 0 Å². The van der Waals surface area contributed by atoms with Gasteiger partial charge in [0.1, 0.15) is 0 Å². The van der Waals surface area contributed by atoms with E-state index in [9.17, 15) is 4.79 Å². The van der Waals surface area contributed by atoms with E-state index in [1.807, 2.05) is 0 Å². The molecule has 2 rings (SSSR count). The number of furan rings is 1. The minimum absolute atomic E-state index is 0.0838. The van der Waals surface area contributed by atoms with Crippen molar-refractivity contribution in [3.8, 4) is 0 Å². The Hall–Kier alpha value is -1.09. The van der Waals surface area contributed by atoms with E-state index < -0.39 is 0 Å².